The van der Waals surface area contributed by atoms with E-state index in [0.717, 1.165) is 42.0 Å². The molecular formula is C22H28N2O3. The maximum Gasteiger partial charge on any atom is 0.234 e. The molecule has 144 valence electrons. The number of carbonyl (C=O) groups excluding carboxylic acids is 1. The quantitative estimate of drug-likeness (QED) is 0.813. The zero-order valence-electron chi connectivity index (χ0n) is 16.3. The first-order valence-corrected chi connectivity index (χ1v) is 9.39. The van der Waals surface area contributed by atoms with Crippen LogP contribution in [0.25, 0.3) is 0 Å². The number of benzene rings is 2. The van der Waals surface area contributed by atoms with Gasteiger partial charge in [0.25, 0.3) is 0 Å². The van der Waals surface area contributed by atoms with Gasteiger partial charge in [-0.05, 0) is 43.5 Å². The van der Waals surface area contributed by atoms with Gasteiger partial charge in [0.05, 0.1) is 20.8 Å². The summed E-state index contributed by atoms with van der Waals surface area (Å²) in [4.78, 5) is 14.7. The van der Waals surface area contributed by atoms with Crippen molar-refractivity contribution >= 4 is 5.91 Å². The molecule has 0 unspecified atom stereocenters. The van der Waals surface area contributed by atoms with E-state index in [1.165, 1.54) is 5.56 Å². The van der Waals surface area contributed by atoms with E-state index in [9.17, 15) is 4.79 Å². The van der Waals surface area contributed by atoms with Gasteiger partial charge in [0, 0.05) is 24.2 Å². The van der Waals surface area contributed by atoms with Gasteiger partial charge in [0.1, 0.15) is 11.5 Å². The Bertz CT molecular complexity index is 791. The maximum absolute atomic E-state index is 12.5. The van der Waals surface area contributed by atoms with Crippen molar-refractivity contribution in [2.24, 2.45) is 0 Å². The van der Waals surface area contributed by atoms with Gasteiger partial charge in [-0.25, -0.2) is 0 Å². The number of likely N-dealkylation sites (tertiary alicyclic amines) is 1. The standard InChI is InChI=1S/C22H28N2O3/c1-16-7-4-5-8-17(16)14-23-22(25)15-24-12-6-9-20(24)19-11-10-18(26-2)13-21(19)27-3/h4-5,7-8,10-11,13,20H,6,9,12,14-15H2,1-3H3,(H,23,25)/t20-/m1/s1. The van der Waals surface area contributed by atoms with E-state index >= 15 is 0 Å². The minimum absolute atomic E-state index is 0.0534. The summed E-state index contributed by atoms with van der Waals surface area (Å²) >= 11 is 0. The van der Waals surface area contributed by atoms with Gasteiger partial charge in [0.15, 0.2) is 0 Å². The highest BCUT2D eigenvalue weighted by atomic mass is 16.5. The van der Waals surface area contributed by atoms with E-state index in [1.807, 2.05) is 30.3 Å². The zero-order chi connectivity index (χ0) is 19.2. The Kier molecular flexibility index (Phi) is 6.35. The fraction of sp³-hybridized carbons (Fsp3) is 0.409. The zero-order valence-corrected chi connectivity index (χ0v) is 16.3. The second kappa shape index (κ2) is 8.91. The van der Waals surface area contributed by atoms with E-state index < -0.39 is 0 Å². The Morgan fingerprint density at radius 2 is 2.00 bits per heavy atom. The normalized spacial score (nSPS) is 16.9. The number of methoxy groups -OCH3 is 2. The Morgan fingerprint density at radius 3 is 2.74 bits per heavy atom. The van der Waals surface area contributed by atoms with Crippen LogP contribution in [0.4, 0.5) is 0 Å². The molecule has 1 fully saturated rings. The minimum Gasteiger partial charge on any atom is -0.497 e. The molecule has 0 bridgehead atoms. The van der Waals surface area contributed by atoms with Gasteiger partial charge in [-0.1, -0.05) is 30.3 Å². The van der Waals surface area contributed by atoms with Crippen molar-refractivity contribution in [3.8, 4) is 11.5 Å². The molecule has 27 heavy (non-hydrogen) atoms. The van der Waals surface area contributed by atoms with Crippen LogP contribution in [0.5, 0.6) is 11.5 Å². The molecule has 1 aliphatic rings. The molecule has 1 saturated heterocycles. The number of aryl methyl sites for hydroxylation is 1. The lowest BCUT2D eigenvalue weighted by Crippen LogP contribution is -2.36. The first-order valence-electron chi connectivity index (χ1n) is 9.39. The van der Waals surface area contributed by atoms with Gasteiger partial charge in [-0.3, -0.25) is 9.69 Å². The first-order chi connectivity index (χ1) is 13.1. The number of hydrogen-bond acceptors (Lipinski definition) is 4. The van der Waals surface area contributed by atoms with Crippen molar-refractivity contribution < 1.29 is 14.3 Å². The lowest BCUT2D eigenvalue weighted by atomic mass is 10.0. The van der Waals surface area contributed by atoms with Crippen LogP contribution in [0, 0.1) is 6.92 Å². The van der Waals surface area contributed by atoms with Crippen molar-refractivity contribution in [3.63, 3.8) is 0 Å². The van der Waals surface area contributed by atoms with E-state index in [2.05, 4.69) is 29.3 Å². The van der Waals surface area contributed by atoms with E-state index in [-0.39, 0.29) is 11.9 Å². The summed E-state index contributed by atoms with van der Waals surface area (Å²) in [5.41, 5.74) is 3.46. The molecule has 0 spiro atoms. The van der Waals surface area contributed by atoms with Crippen molar-refractivity contribution in [1.29, 1.82) is 0 Å². The molecule has 5 nitrogen and oxygen atoms in total. The van der Waals surface area contributed by atoms with Crippen molar-refractivity contribution in [3.05, 3.63) is 59.2 Å². The van der Waals surface area contributed by atoms with Gasteiger partial charge in [0.2, 0.25) is 5.91 Å². The predicted molar refractivity (Wildman–Crippen MR) is 106 cm³/mol. The highest BCUT2D eigenvalue weighted by molar-refractivity contribution is 5.78. The molecule has 2 aromatic rings. The van der Waals surface area contributed by atoms with Crippen molar-refractivity contribution in [2.45, 2.75) is 32.4 Å². The van der Waals surface area contributed by atoms with Gasteiger partial charge in [-0.15, -0.1) is 0 Å². The van der Waals surface area contributed by atoms with Crippen LogP contribution in [0.1, 0.15) is 35.6 Å². The fourth-order valence-electron chi connectivity index (χ4n) is 3.70. The number of nitrogens with zero attached hydrogens (tertiary/aromatic N) is 1. The molecule has 0 saturated carbocycles. The van der Waals surface area contributed by atoms with Gasteiger partial charge < -0.3 is 14.8 Å². The molecule has 1 heterocycles. The smallest absolute Gasteiger partial charge is 0.234 e. The molecule has 1 aliphatic heterocycles. The number of carbonyl (C=O) groups is 1. The van der Waals surface area contributed by atoms with E-state index in [4.69, 9.17) is 9.47 Å². The summed E-state index contributed by atoms with van der Waals surface area (Å²) < 4.78 is 10.9. The molecular weight excluding hydrogens is 340 g/mol. The summed E-state index contributed by atoms with van der Waals surface area (Å²) in [6, 6.07) is 14.2. The Balaban J connectivity index is 1.64. The number of amides is 1. The summed E-state index contributed by atoms with van der Waals surface area (Å²) in [7, 11) is 3.32. The molecule has 0 aromatic heterocycles. The Hall–Kier alpha value is -2.53. The molecule has 2 aromatic carbocycles. The number of nitrogens with one attached hydrogen (secondary N) is 1. The average molecular weight is 368 g/mol. The summed E-state index contributed by atoms with van der Waals surface area (Å²) in [5, 5.41) is 3.05. The van der Waals surface area contributed by atoms with Crippen LogP contribution in [0.15, 0.2) is 42.5 Å². The minimum atomic E-state index is 0.0534. The van der Waals surface area contributed by atoms with Gasteiger partial charge >= 0.3 is 0 Å². The van der Waals surface area contributed by atoms with Crippen LogP contribution < -0.4 is 14.8 Å². The van der Waals surface area contributed by atoms with E-state index in [0.29, 0.717) is 13.1 Å². The lowest BCUT2D eigenvalue weighted by Gasteiger charge is -2.26. The molecule has 1 amide bonds. The molecule has 0 radical (unpaired) electrons. The van der Waals surface area contributed by atoms with Crippen molar-refractivity contribution in [1.82, 2.24) is 10.2 Å². The highest BCUT2D eigenvalue weighted by Gasteiger charge is 2.29. The fourth-order valence-corrected chi connectivity index (χ4v) is 3.70. The third kappa shape index (κ3) is 4.61. The van der Waals surface area contributed by atoms with Crippen LogP contribution in [-0.2, 0) is 11.3 Å². The third-order valence-corrected chi connectivity index (χ3v) is 5.25. The van der Waals surface area contributed by atoms with Crippen LogP contribution in [0.3, 0.4) is 0 Å². The summed E-state index contributed by atoms with van der Waals surface area (Å²) in [6.07, 6.45) is 2.10. The molecule has 0 aliphatic carbocycles. The monoisotopic (exact) mass is 368 g/mol. The van der Waals surface area contributed by atoms with Crippen LogP contribution in [-0.4, -0.2) is 38.1 Å². The number of ether oxygens (including phenoxy) is 2. The van der Waals surface area contributed by atoms with Crippen LogP contribution >= 0.6 is 0 Å². The van der Waals surface area contributed by atoms with Crippen LogP contribution in [0.2, 0.25) is 0 Å². The molecule has 3 rings (SSSR count). The predicted octanol–water partition coefficient (Wildman–Crippen LogP) is 3.47. The topological polar surface area (TPSA) is 50.8 Å². The highest BCUT2D eigenvalue weighted by Crippen LogP contribution is 2.38. The average Bonchev–Trinajstić information content (AvgIpc) is 3.14. The molecule has 1 N–H and O–H groups in total. The van der Waals surface area contributed by atoms with E-state index in [1.54, 1.807) is 14.2 Å². The first kappa shape index (κ1) is 19.2. The maximum atomic E-state index is 12.5. The largest absolute Gasteiger partial charge is 0.497 e. The second-order valence-electron chi connectivity index (χ2n) is 6.94. The third-order valence-electron chi connectivity index (χ3n) is 5.25. The summed E-state index contributed by atoms with van der Waals surface area (Å²) in [6.45, 7) is 3.94. The Labute approximate surface area is 161 Å². The summed E-state index contributed by atoms with van der Waals surface area (Å²) in [5.74, 6) is 1.64. The molecule has 1 atom stereocenters. The Morgan fingerprint density at radius 1 is 1.19 bits per heavy atom. The SMILES string of the molecule is COc1ccc([C@H]2CCCN2CC(=O)NCc2ccccc2C)c(OC)c1. The lowest BCUT2D eigenvalue weighted by molar-refractivity contribution is -0.122. The molecule has 5 heteroatoms. The van der Waals surface area contributed by atoms with Gasteiger partial charge in [-0.2, -0.15) is 0 Å². The number of hydrogen-bond donors (Lipinski definition) is 1. The second-order valence-corrected chi connectivity index (χ2v) is 6.94. The number of rotatable bonds is 7. The van der Waals surface area contributed by atoms with Crippen molar-refractivity contribution in [2.75, 3.05) is 27.3 Å².